The van der Waals surface area contributed by atoms with Crippen LogP contribution in [0.25, 0.3) is 55.2 Å². The van der Waals surface area contributed by atoms with Crippen molar-refractivity contribution in [3.8, 4) is 68.1 Å². The maximum Gasteiger partial charge on any atom is 0.167 e. The molecule has 6 rings (SSSR count). The largest absolute Gasteiger partial charge is 0.507 e. The fraction of sp³-hybridized carbons (Fsp3) is 0.333. The van der Waals surface area contributed by atoms with E-state index in [1.165, 1.54) is 24.5 Å². The Hall–Kier alpha value is -5.52. The molecule has 0 bridgehead atoms. The highest BCUT2D eigenvalue weighted by atomic mass is 16.3. The number of unbranched alkanes of at least 4 members (excludes halogenated alkanes) is 4. The molecular weight excluding hydrogens is 612 g/mol. The van der Waals surface area contributed by atoms with Crippen molar-refractivity contribution in [2.45, 2.75) is 79.3 Å². The summed E-state index contributed by atoms with van der Waals surface area (Å²) in [6.45, 7) is 8.96. The number of fused-ring (bicyclic) bond motifs is 2. The van der Waals surface area contributed by atoms with Gasteiger partial charge in [0.15, 0.2) is 23.0 Å². The smallest absolute Gasteiger partial charge is 0.167 e. The summed E-state index contributed by atoms with van der Waals surface area (Å²) in [7, 11) is 0. The van der Waals surface area contributed by atoms with Gasteiger partial charge in [-0.15, -0.1) is 0 Å². The van der Waals surface area contributed by atoms with E-state index in [-0.39, 0.29) is 44.9 Å². The summed E-state index contributed by atoms with van der Waals surface area (Å²) in [5, 5.41) is 86.2. The quantitative estimate of drug-likeness (QED) is 0.0609. The third-order valence-corrected chi connectivity index (χ3v) is 8.89. The van der Waals surface area contributed by atoms with Crippen molar-refractivity contribution < 1.29 is 30.6 Å². The molecule has 0 unspecified atom stereocenters. The molecule has 2 heterocycles. The molecule has 0 aliphatic carbocycles. The molecule has 0 saturated carbocycles. The number of rotatable bonds is 11. The van der Waals surface area contributed by atoms with Crippen LogP contribution in [0, 0.1) is 13.8 Å². The molecule has 2 aromatic heterocycles. The molecule has 0 aliphatic rings. The van der Waals surface area contributed by atoms with Gasteiger partial charge in [0.25, 0.3) is 0 Å². The molecule has 12 nitrogen and oxygen atoms in total. The third kappa shape index (κ3) is 5.56. The zero-order valence-electron chi connectivity index (χ0n) is 27.5. The predicted octanol–water partition coefficient (Wildman–Crippen LogP) is 7.41. The first-order valence-electron chi connectivity index (χ1n) is 16.3. The maximum absolute atomic E-state index is 11.8. The lowest BCUT2D eigenvalue weighted by atomic mass is 9.87. The number of phenolic OH excluding ortho intramolecular Hbond substituents is 6. The molecular formula is C36H40N6O6. The molecule has 0 fully saturated rings. The van der Waals surface area contributed by atoms with Crippen molar-refractivity contribution >= 4 is 21.5 Å². The van der Waals surface area contributed by atoms with Gasteiger partial charge in [-0.1, -0.05) is 39.5 Å². The normalized spacial score (nSPS) is 11.7. The molecule has 48 heavy (non-hydrogen) atoms. The number of phenols is 6. The standard InChI is InChI=1S/C36H40N6O6/c1-5-7-9-11-41-37-17-25(39-41)31-21-13-19(3)29(33(45)23(21)15-27(43)35(31)47)30-20(4)14-22-24(34(30)46)16-28(44)36(48)32(22)26-18-38-42(40-26)12-10-8-6-2/h13-18,43-48H,5-12H2,1-4H3. The van der Waals surface area contributed by atoms with E-state index < -0.39 is 11.5 Å². The second-order valence-corrected chi connectivity index (χ2v) is 12.3. The van der Waals surface area contributed by atoms with Gasteiger partial charge in [-0.25, -0.2) is 0 Å². The monoisotopic (exact) mass is 652 g/mol. The Balaban J connectivity index is 1.52. The van der Waals surface area contributed by atoms with Gasteiger partial charge in [0, 0.05) is 21.9 Å². The number of hydrogen-bond acceptors (Lipinski definition) is 10. The number of aryl methyl sites for hydroxylation is 4. The minimum absolute atomic E-state index is 0.226. The Morgan fingerprint density at radius 3 is 1.27 bits per heavy atom. The molecule has 250 valence electrons. The Morgan fingerprint density at radius 1 is 0.500 bits per heavy atom. The highest BCUT2D eigenvalue weighted by molar-refractivity contribution is 6.11. The average molecular weight is 653 g/mol. The van der Waals surface area contributed by atoms with Crippen LogP contribution in [0.5, 0.6) is 34.5 Å². The Kier molecular flexibility index (Phi) is 8.74. The molecule has 6 aromatic rings. The van der Waals surface area contributed by atoms with Gasteiger partial charge in [0.2, 0.25) is 0 Å². The van der Waals surface area contributed by atoms with E-state index in [2.05, 4.69) is 34.2 Å². The summed E-state index contributed by atoms with van der Waals surface area (Å²) in [5.74, 6) is -2.12. The van der Waals surface area contributed by atoms with Crippen molar-refractivity contribution in [2.24, 2.45) is 0 Å². The lowest BCUT2D eigenvalue weighted by Crippen LogP contribution is -2.02. The van der Waals surface area contributed by atoms with E-state index >= 15 is 0 Å². The van der Waals surface area contributed by atoms with Crippen molar-refractivity contribution in [3.05, 3.63) is 47.8 Å². The van der Waals surface area contributed by atoms with Crippen molar-refractivity contribution in [1.82, 2.24) is 30.0 Å². The summed E-state index contributed by atoms with van der Waals surface area (Å²) < 4.78 is 0. The molecule has 4 aromatic carbocycles. The van der Waals surface area contributed by atoms with Gasteiger partial charge >= 0.3 is 0 Å². The second-order valence-electron chi connectivity index (χ2n) is 12.3. The lowest BCUT2D eigenvalue weighted by molar-refractivity contribution is 0.405. The van der Waals surface area contributed by atoms with Crippen LogP contribution >= 0.6 is 0 Å². The fourth-order valence-electron chi connectivity index (χ4n) is 6.45. The molecule has 0 atom stereocenters. The van der Waals surface area contributed by atoms with Gasteiger partial charge in [-0.05, 0) is 72.9 Å². The van der Waals surface area contributed by atoms with E-state index in [9.17, 15) is 30.6 Å². The minimum Gasteiger partial charge on any atom is -0.507 e. The first-order chi connectivity index (χ1) is 23.0. The summed E-state index contributed by atoms with van der Waals surface area (Å²) in [5.41, 5.74) is 2.87. The number of aromatic hydroxyl groups is 6. The topological polar surface area (TPSA) is 183 Å². The minimum atomic E-state index is -0.449. The SMILES string of the molecule is CCCCCn1ncc(-c2c(O)c(O)cc3c(O)c(-c4c(C)cc5c(-c6cnn(CCCCC)n6)c(O)c(O)cc5c4O)c(C)cc23)n1. The van der Waals surface area contributed by atoms with E-state index in [4.69, 9.17) is 0 Å². The molecule has 0 saturated heterocycles. The van der Waals surface area contributed by atoms with Crippen LogP contribution in [0.2, 0.25) is 0 Å². The summed E-state index contributed by atoms with van der Waals surface area (Å²) in [6.07, 6.45) is 8.97. The molecule has 0 spiro atoms. The van der Waals surface area contributed by atoms with Crippen LogP contribution in [0.4, 0.5) is 0 Å². The second kappa shape index (κ2) is 12.9. The average Bonchev–Trinajstić information content (AvgIpc) is 3.71. The molecule has 0 radical (unpaired) electrons. The molecule has 6 N–H and O–H groups in total. The van der Waals surface area contributed by atoms with Crippen molar-refractivity contribution in [2.75, 3.05) is 0 Å². The van der Waals surface area contributed by atoms with Crippen molar-refractivity contribution in [1.29, 1.82) is 0 Å². The van der Waals surface area contributed by atoms with Gasteiger partial charge in [0.05, 0.1) is 36.6 Å². The van der Waals surface area contributed by atoms with E-state index in [1.807, 2.05) is 0 Å². The Labute approximate surface area is 277 Å². The van der Waals surface area contributed by atoms with Crippen LogP contribution in [0.1, 0.15) is 63.5 Å². The lowest BCUT2D eigenvalue weighted by Gasteiger charge is -2.20. The molecule has 12 heteroatoms. The van der Waals surface area contributed by atoms with Gasteiger partial charge in [-0.3, -0.25) is 0 Å². The van der Waals surface area contributed by atoms with Crippen LogP contribution in [-0.2, 0) is 13.1 Å². The van der Waals surface area contributed by atoms with Crippen LogP contribution in [0.15, 0.2) is 36.7 Å². The summed E-state index contributed by atoms with van der Waals surface area (Å²) in [6, 6.07) is 6.07. The fourth-order valence-corrected chi connectivity index (χ4v) is 6.45. The van der Waals surface area contributed by atoms with E-state index in [0.29, 0.717) is 57.5 Å². The number of benzene rings is 4. The van der Waals surface area contributed by atoms with Crippen molar-refractivity contribution in [3.63, 3.8) is 0 Å². The number of nitrogens with zero attached hydrogens (tertiary/aromatic N) is 6. The highest BCUT2D eigenvalue weighted by Crippen LogP contribution is 2.53. The Bertz CT molecular complexity index is 2020. The zero-order chi connectivity index (χ0) is 34.3. The van der Waals surface area contributed by atoms with Crippen LogP contribution < -0.4 is 0 Å². The first kappa shape index (κ1) is 32.4. The maximum atomic E-state index is 11.8. The summed E-state index contributed by atoms with van der Waals surface area (Å²) in [4.78, 5) is 3.10. The third-order valence-electron chi connectivity index (χ3n) is 8.89. The van der Waals surface area contributed by atoms with E-state index in [0.717, 1.165) is 38.5 Å². The highest BCUT2D eigenvalue weighted by Gasteiger charge is 2.27. The van der Waals surface area contributed by atoms with Gasteiger partial charge in [-0.2, -0.15) is 30.0 Å². The van der Waals surface area contributed by atoms with Gasteiger partial charge < -0.3 is 30.6 Å². The van der Waals surface area contributed by atoms with Crippen LogP contribution in [0.3, 0.4) is 0 Å². The number of hydrogen-bond donors (Lipinski definition) is 6. The predicted molar refractivity (Wildman–Crippen MR) is 183 cm³/mol. The summed E-state index contributed by atoms with van der Waals surface area (Å²) >= 11 is 0. The molecule has 0 aliphatic heterocycles. The van der Waals surface area contributed by atoms with Crippen LogP contribution in [-0.4, -0.2) is 60.6 Å². The van der Waals surface area contributed by atoms with Gasteiger partial charge in [0.1, 0.15) is 22.9 Å². The molecule has 0 amide bonds. The first-order valence-corrected chi connectivity index (χ1v) is 16.3. The Morgan fingerprint density at radius 2 is 0.896 bits per heavy atom. The zero-order valence-corrected chi connectivity index (χ0v) is 27.5. The van der Waals surface area contributed by atoms with E-state index in [1.54, 1.807) is 35.6 Å². The number of aromatic nitrogens is 6.